The predicted octanol–water partition coefficient (Wildman–Crippen LogP) is 4.51. The van der Waals surface area contributed by atoms with Crippen molar-refractivity contribution >= 4 is 44.1 Å². The lowest BCUT2D eigenvalue weighted by atomic mass is 10.1. The number of nitrogens with two attached hydrogens (primary N) is 1. The minimum absolute atomic E-state index is 0.136. The Bertz CT molecular complexity index is 869. The van der Waals surface area contributed by atoms with E-state index in [2.05, 4.69) is 21.2 Å². The van der Waals surface area contributed by atoms with Crippen molar-refractivity contribution in [2.45, 2.75) is 46.0 Å². The van der Waals surface area contributed by atoms with Crippen LogP contribution in [0.1, 0.15) is 51.2 Å². The second-order valence-electron chi connectivity index (χ2n) is 6.86. The summed E-state index contributed by atoms with van der Waals surface area (Å²) in [5.74, 6) is -0.142. The number of primary amides is 1. The van der Waals surface area contributed by atoms with Crippen molar-refractivity contribution in [1.82, 2.24) is 0 Å². The zero-order valence-corrected chi connectivity index (χ0v) is 17.9. The van der Waals surface area contributed by atoms with Crippen molar-refractivity contribution in [3.8, 4) is 5.75 Å². The number of anilines is 1. The smallest absolute Gasteiger partial charge is 0.262 e. The number of fused-ring (bicyclic) bond motifs is 1. The van der Waals surface area contributed by atoms with E-state index in [1.807, 2.05) is 26.0 Å². The lowest BCUT2D eigenvalue weighted by molar-refractivity contribution is -0.118. The van der Waals surface area contributed by atoms with Gasteiger partial charge in [0, 0.05) is 4.88 Å². The minimum Gasteiger partial charge on any atom is -0.482 e. The summed E-state index contributed by atoms with van der Waals surface area (Å²) in [6.45, 7) is 3.80. The second kappa shape index (κ2) is 8.44. The Morgan fingerprint density at radius 2 is 1.96 bits per heavy atom. The summed E-state index contributed by atoms with van der Waals surface area (Å²) >= 11 is 4.94. The van der Waals surface area contributed by atoms with E-state index in [-0.39, 0.29) is 12.5 Å². The average Bonchev–Trinajstić information content (AvgIpc) is 2.75. The molecule has 0 unspecified atom stereocenters. The van der Waals surface area contributed by atoms with Crippen LogP contribution >= 0.6 is 27.3 Å². The highest BCUT2D eigenvalue weighted by Crippen LogP contribution is 2.37. The fourth-order valence-corrected chi connectivity index (χ4v) is 5.58. The third-order valence-electron chi connectivity index (χ3n) is 4.64. The van der Waals surface area contributed by atoms with Crippen LogP contribution in [0.2, 0.25) is 0 Å². The van der Waals surface area contributed by atoms with E-state index in [0.717, 1.165) is 58.1 Å². The van der Waals surface area contributed by atoms with Crippen molar-refractivity contribution in [1.29, 1.82) is 0 Å². The summed E-state index contributed by atoms with van der Waals surface area (Å²) in [4.78, 5) is 25.6. The van der Waals surface area contributed by atoms with Gasteiger partial charge in [-0.3, -0.25) is 9.59 Å². The van der Waals surface area contributed by atoms with Gasteiger partial charge in [0.1, 0.15) is 10.8 Å². The standard InChI is InChI=1S/C20H23BrN2O3S/c1-11-8-12(2)18(14(21)9-11)26-10-16(24)23-20-17(19(22)25)13-6-4-3-5-7-15(13)27-20/h8-9H,3-7,10H2,1-2H3,(H2,22,25)(H,23,24). The van der Waals surface area contributed by atoms with Crippen LogP contribution in [-0.2, 0) is 17.6 Å². The molecule has 27 heavy (non-hydrogen) atoms. The summed E-state index contributed by atoms with van der Waals surface area (Å²) in [5.41, 5.74) is 9.16. The highest BCUT2D eigenvalue weighted by atomic mass is 79.9. The average molecular weight is 451 g/mol. The van der Waals surface area contributed by atoms with Crippen LogP contribution in [0.5, 0.6) is 5.75 Å². The molecule has 0 atom stereocenters. The first-order valence-electron chi connectivity index (χ1n) is 9.00. The Labute approximate surface area is 171 Å². The summed E-state index contributed by atoms with van der Waals surface area (Å²) < 4.78 is 6.52. The van der Waals surface area contributed by atoms with Gasteiger partial charge in [0.25, 0.3) is 11.8 Å². The third-order valence-corrected chi connectivity index (χ3v) is 6.44. The molecule has 0 saturated carbocycles. The first-order valence-corrected chi connectivity index (χ1v) is 10.6. The molecule has 0 fully saturated rings. The maximum absolute atomic E-state index is 12.4. The van der Waals surface area contributed by atoms with Gasteiger partial charge < -0.3 is 15.8 Å². The molecule has 0 spiro atoms. The summed E-state index contributed by atoms with van der Waals surface area (Å²) in [5, 5.41) is 3.37. The molecule has 144 valence electrons. The van der Waals surface area contributed by atoms with E-state index < -0.39 is 5.91 Å². The molecule has 1 aliphatic rings. The minimum atomic E-state index is -0.484. The fraction of sp³-hybridized carbons (Fsp3) is 0.400. The van der Waals surface area contributed by atoms with E-state index in [1.165, 1.54) is 11.3 Å². The first kappa shape index (κ1) is 19.9. The summed E-state index contributed by atoms with van der Waals surface area (Å²) in [6, 6.07) is 3.95. The van der Waals surface area contributed by atoms with Crippen molar-refractivity contribution in [2.24, 2.45) is 5.73 Å². The van der Waals surface area contributed by atoms with Crippen LogP contribution in [-0.4, -0.2) is 18.4 Å². The normalized spacial score (nSPS) is 13.6. The summed E-state index contributed by atoms with van der Waals surface area (Å²) in [7, 11) is 0. The number of benzene rings is 1. The van der Waals surface area contributed by atoms with Crippen molar-refractivity contribution < 1.29 is 14.3 Å². The van der Waals surface area contributed by atoms with Gasteiger partial charge >= 0.3 is 0 Å². The number of carbonyl (C=O) groups is 2. The number of thiophene rings is 1. The highest BCUT2D eigenvalue weighted by molar-refractivity contribution is 9.10. The molecule has 0 saturated heterocycles. The Balaban J connectivity index is 1.74. The largest absolute Gasteiger partial charge is 0.482 e. The number of carbonyl (C=O) groups excluding carboxylic acids is 2. The SMILES string of the molecule is Cc1cc(C)c(OCC(=O)Nc2sc3c(c2C(N)=O)CCCCC3)c(Br)c1. The van der Waals surface area contributed by atoms with E-state index in [1.54, 1.807) is 0 Å². The van der Waals surface area contributed by atoms with E-state index in [0.29, 0.717) is 16.3 Å². The van der Waals surface area contributed by atoms with Crippen LogP contribution < -0.4 is 15.8 Å². The Morgan fingerprint density at radius 1 is 1.22 bits per heavy atom. The maximum atomic E-state index is 12.4. The quantitative estimate of drug-likeness (QED) is 0.657. The molecule has 2 aromatic rings. The van der Waals surface area contributed by atoms with Gasteiger partial charge in [0.2, 0.25) is 0 Å². The molecule has 1 aliphatic carbocycles. The lowest BCUT2D eigenvalue weighted by Crippen LogP contribution is -2.22. The predicted molar refractivity (Wildman–Crippen MR) is 112 cm³/mol. The molecule has 3 N–H and O–H groups in total. The van der Waals surface area contributed by atoms with Crippen molar-refractivity contribution in [2.75, 3.05) is 11.9 Å². The molecular weight excluding hydrogens is 428 g/mol. The number of nitrogens with one attached hydrogen (secondary N) is 1. The molecule has 7 heteroatoms. The molecule has 1 aromatic heterocycles. The lowest BCUT2D eigenvalue weighted by Gasteiger charge is -2.12. The van der Waals surface area contributed by atoms with Crippen LogP contribution in [0.15, 0.2) is 16.6 Å². The van der Waals surface area contributed by atoms with E-state index in [9.17, 15) is 9.59 Å². The van der Waals surface area contributed by atoms with Gasteiger partial charge in [-0.2, -0.15) is 0 Å². The van der Waals surface area contributed by atoms with Gasteiger partial charge in [0.05, 0.1) is 10.0 Å². The molecule has 3 rings (SSSR count). The molecule has 2 amide bonds. The second-order valence-corrected chi connectivity index (χ2v) is 8.82. The van der Waals surface area contributed by atoms with Crippen LogP contribution in [0.4, 0.5) is 5.00 Å². The molecule has 1 aromatic carbocycles. The Morgan fingerprint density at radius 3 is 2.67 bits per heavy atom. The Kier molecular flexibility index (Phi) is 6.22. The van der Waals surface area contributed by atoms with Gasteiger partial charge in [-0.25, -0.2) is 0 Å². The maximum Gasteiger partial charge on any atom is 0.262 e. The number of halogens is 1. The zero-order valence-electron chi connectivity index (χ0n) is 15.5. The molecule has 1 heterocycles. The van der Waals surface area contributed by atoms with E-state index >= 15 is 0 Å². The van der Waals surface area contributed by atoms with Crippen molar-refractivity contribution in [3.63, 3.8) is 0 Å². The summed E-state index contributed by atoms with van der Waals surface area (Å²) in [6.07, 6.45) is 5.07. The van der Waals surface area contributed by atoms with Gasteiger partial charge in [0.15, 0.2) is 6.61 Å². The number of aryl methyl sites for hydroxylation is 3. The molecule has 0 bridgehead atoms. The van der Waals surface area contributed by atoms with Crippen LogP contribution in [0.3, 0.4) is 0 Å². The number of amides is 2. The molecular formula is C20H23BrN2O3S. The molecule has 0 aliphatic heterocycles. The van der Waals surface area contributed by atoms with Crippen LogP contribution in [0, 0.1) is 13.8 Å². The zero-order chi connectivity index (χ0) is 19.6. The number of rotatable bonds is 5. The number of ether oxygens (including phenoxy) is 1. The number of hydrogen-bond donors (Lipinski definition) is 2. The molecule has 5 nitrogen and oxygen atoms in total. The van der Waals surface area contributed by atoms with Gasteiger partial charge in [-0.15, -0.1) is 11.3 Å². The van der Waals surface area contributed by atoms with Crippen LogP contribution in [0.25, 0.3) is 0 Å². The topological polar surface area (TPSA) is 81.4 Å². The number of hydrogen-bond acceptors (Lipinski definition) is 4. The highest BCUT2D eigenvalue weighted by Gasteiger charge is 2.24. The Hall–Kier alpha value is -1.86. The van der Waals surface area contributed by atoms with E-state index in [4.69, 9.17) is 10.5 Å². The molecule has 0 radical (unpaired) electrons. The van der Waals surface area contributed by atoms with Crippen molar-refractivity contribution in [3.05, 3.63) is 43.7 Å². The fourth-order valence-electron chi connectivity index (χ4n) is 3.48. The van der Waals surface area contributed by atoms with Gasteiger partial charge in [-0.05, 0) is 78.2 Å². The monoisotopic (exact) mass is 450 g/mol. The third kappa shape index (κ3) is 4.52. The first-order chi connectivity index (χ1) is 12.9. The van der Waals surface area contributed by atoms with Gasteiger partial charge in [-0.1, -0.05) is 12.5 Å².